The molecule has 0 saturated carbocycles. The van der Waals surface area contributed by atoms with Gasteiger partial charge >= 0.3 is 6.18 Å². The van der Waals surface area contributed by atoms with Gasteiger partial charge in [0.1, 0.15) is 34.1 Å². The van der Waals surface area contributed by atoms with Crippen molar-refractivity contribution in [3.63, 3.8) is 0 Å². The van der Waals surface area contributed by atoms with Crippen LogP contribution in [-0.4, -0.2) is 55.5 Å². The van der Waals surface area contributed by atoms with E-state index in [-0.39, 0.29) is 35.0 Å². The van der Waals surface area contributed by atoms with Crippen molar-refractivity contribution in [2.45, 2.75) is 184 Å². The highest BCUT2D eigenvalue weighted by Crippen LogP contribution is 2.33. The largest absolute Gasteiger partial charge is 0.497 e. The number of alkyl halides is 3. The number of imidazole rings is 1. The second-order valence-corrected chi connectivity index (χ2v) is 27.3. The number of hydrogen-bond acceptors (Lipinski definition) is 9. The van der Waals surface area contributed by atoms with Crippen molar-refractivity contribution in [2.75, 3.05) is 19.9 Å². The second kappa shape index (κ2) is 46.5. The van der Waals surface area contributed by atoms with Crippen LogP contribution in [0.1, 0.15) is 255 Å². The van der Waals surface area contributed by atoms with Crippen LogP contribution in [0.3, 0.4) is 0 Å². The number of pyridine rings is 4. The summed E-state index contributed by atoms with van der Waals surface area (Å²) in [5, 5.41) is 5.20. The van der Waals surface area contributed by atoms with Crippen molar-refractivity contribution in [3.05, 3.63) is 264 Å². The average molecular weight is 1460 g/mol. The molecule has 5 N–H and O–H groups in total. The molecule has 2 amide bonds. The highest BCUT2D eigenvalue weighted by atomic mass is 35.5. The number of nitrogens with two attached hydrogens (primary N) is 2. The molecule has 0 unspecified atom stereocenters. The van der Waals surface area contributed by atoms with Crippen molar-refractivity contribution in [2.24, 2.45) is 12.8 Å². The Morgan fingerprint density at radius 2 is 1.05 bits per heavy atom. The lowest BCUT2D eigenvalue weighted by atomic mass is 9.97. The molecule has 20 heteroatoms. The number of nitrogen functional groups attached to an aromatic ring is 1. The second-order valence-electron chi connectivity index (χ2n) is 25.7. The van der Waals surface area contributed by atoms with E-state index >= 15 is 0 Å². The van der Waals surface area contributed by atoms with Crippen LogP contribution in [0.2, 0.25) is 20.2 Å². The number of aromatic nitrogens is 6. The molecule has 0 saturated heterocycles. The third kappa shape index (κ3) is 33.1. The van der Waals surface area contributed by atoms with Gasteiger partial charge in [0.25, 0.3) is 5.91 Å². The van der Waals surface area contributed by atoms with Gasteiger partial charge in [-0.15, -0.1) is 0 Å². The molecule has 9 aromatic rings. The molecule has 5 heterocycles. The highest BCUT2D eigenvalue weighted by Gasteiger charge is 2.35. The summed E-state index contributed by atoms with van der Waals surface area (Å²) in [4.78, 5) is 41.5. The van der Waals surface area contributed by atoms with Crippen LogP contribution in [0.4, 0.5) is 23.4 Å². The van der Waals surface area contributed by atoms with Gasteiger partial charge in [0.05, 0.1) is 17.2 Å². The minimum atomic E-state index is -4.35. The van der Waals surface area contributed by atoms with E-state index in [0.29, 0.717) is 73.6 Å². The maximum Gasteiger partial charge on any atom is 0.433 e. The first kappa shape index (κ1) is 90.1. The molecule has 0 aliphatic rings. The fourth-order valence-electron chi connectivity index (χ4n) is 9.00. The lowest BCUT2D eigenvalue weighted by Crippen LogP contribution is -2.19. The lowest BCUT2D eigenvalue weighted by molar-refractivity contribution is -0.142. The van der Waals surface area contributed by atoms with Crippen molar-refractivity contribution in [1.29, 1.82) is 0 Å². The van der Waals surface area contributed by atoms with Gasteiger partial charge in [-0.25, -0.2) is 19.3 Å². The quantitative estimate of drug-likeness (QED) is 0.0793. The van der Waals surface area contributed by atoms with Gasteiger partial charge in [-0.05, 0) is 165 Å². The SMILES string of the molecule is CC(C)c1cc(Cl)ccc1F.CC(C)c1cccc(C(N)=O)c1.CC(C)c1cccnc1C(F)(F)F.CC(C)c1cccnc1Cl.CC(C)c1ccnc(N)c1Cl.CC(C)c1ccncc1Cl.CC(C)c1nccn1C.CNC(=O)c1ccccc1C(C)C.COc1ccc(C(C)C)cc1. The Morgan fingerprint density at radius 1 is 0.520 bits per heavy atom. The topological polar surface area (TPSA) is 177 Å². The summed E-state index contributed by atoms with van der Waals surface area (Å²) in [7, 11) is 5.35. The Bertz CT molecular complexity index is 3760. The zero-order valence-corrected chi connectivity index (χ0v) is 65.0. The molecule has 9 rings (SSSR count). The Balaban J connectivity index is 0.000000564. The predicted octanol–water partition coefficient (Wildman–Crippen LogP) is 23.4. The number of methoxy groups -OCH3 is 1. The van der Waals surface area contributed by atoms with Gasteiger partial charge in [-0.3, -0.25) is 19.6 Å². The van der Waals surface area contributed by atoms with E-state index in [9.17, 15) is 27.2 Å². The van der Waals surface area contributed by atoms with E-state index in [2.05, 4.69) is 139 Å². The maximum atomic E-state index is 13.0. The summed E-state index contributed by atoms with van der Waals surface area (Å²) in [6.45, 7) is 36.9. The normalized spacial score (nSPS) is 10.6. The van der Waals surface area contributed by atoms with E-state index in [1.54, 1.807) is 71.0 Å². The summed E-state index contributed by atoms with van der Waals surface area (Å²) < 4.78 is 57.1. The van der Waals surface area contributed by atoms with Gasteiger partial charge in [0.15, 0.2) is 0 Å². The van der Waals surface area contributed by atoms with E-state index < -0.39 is 11.9 Å². The van der Waals surface area contributed by atoms with Crippen LogP contribution in [0, 0.1) is 5.82 Å². The van der Waals surface area contributed by atoms with Crippen LogP contribution >= 0.6 is 46.4 Å². The smallest absolute Gasteiger partial charge is 0.433 e. The minimum Gasteiger partial charge on any atom is -0.497 e. The summed E-state index contributed by atoms with van der Waals surface area (Å²) >= 11 is 23.3. The van der Waals surface area contributed by atoms with Crippen LogP contribution in [0.5, 0.6) is 5.75 Å². The van der Waals surface area contributed by atoms with Crippen molar-refractivity contribution in [1.82, 2.24) is 34.8 Å². The number of hydrogen-bond donors (Lipinski definition) is 3. The maximum absolute atomic E-state index is 13.0. The summed E-state index contributed by atoms with van der Waals surface area (Å²) in [6, 6.07) is 38.7. The first-order valence-electron chi connectivity index (χ1n) is 33.2. The van der Waals surface area contributed by atoms with E-state index in [1.807, 2.05) is 117 Å². The fraction of sp³-hybridized carbons (Fsp3) is 0.388. The number of anilines is 1. The van der Waals surface area contributed by atoms with Gasteiger partial charge in [0, 0.05) is 79.5 Å². The van der Waals surface area contributed by atoms with Gasteiger partial charge < -0.3 is 26.1 Å². The van der Waals surface area contributed by atoms with Crippen LogP contribution in [-0.2, 0) is 13.2 Å². The monoisotopic (exact) mass is 1460 g/mol. The number of primary amides is 1. The molecule has 0 fully saturated rings. The number of nitrogens with one attached hydrogen (secondary N) is 1. The summed E-state index contributed by atoms with van der Waals surface area (Å²) in [5.74, 6) is 5.25. The number of ether oxygens (including phenoxy) is 1. The van der Waals surface area contributed by atoms with Gasteiger partial charge in [-0.2, -0.15) is 13.2 Å². The molecule has 0 radical (unpaired) electrons. The first-order valence-corrected chi connectivity index (χ1v) is 34.7. The van der Waals surface area contributed by atoms with Gasteiger partial charge in [0.2, 0.25) is 5.91 Å². The number of aryl methyl sites for hydroxylation is 1. The molecule has 4 aromatic carbocycles. The Morgan fingerprint density at radius 3 is 1.46 bits per heavy atom. The van der Waals surface area contributed by atoms with Crippen molar-refractivity contribution >= 4 is 64.0 Å². The summed E-state index contributed by atoms with van der Waals surface area (Å²) in [5.41, 5.74) is 19.1. The molecule has 0 spiro atoms. The predicted molar refractivity (Wildman–Crippen MR) is 411 cm³/mol. The highest BCUT2D eigenvalue weighted by molar-refractivity contribution is 6.33. The minimum absolute atomic E-state index is 0.00991. The van der Waals surface area contributed by atoms with Crippen LogP contribution in [0.25, 0.3) is 0 Å². The fourth-order valence-corrected chi connectivity index (χ4v) is 10.2. The van der Waals surface area contributed by atoms with Gasteiger partial charge in [-0.1, -0.05) is 226 Å². The number of benzene rings is 4. The average Bonchev–Trinajstić information content (AvgIpc) is 1.00. The molecule has 100 heavy (non-hydrogen) atoms. The molecule has 0 aliphatic heterocycles. The van der Waals surface area contributed by atoms with E-state index in [1.165, 1.54) is 23.8 Å². The van der Waals surface area contributed by atoms with Crippen LogP contribution < -0.4 is 21.5 Å². The van der Waals surface area contributed by atoms with Crippen molar-refractivity contribution in [3.8, 4) is 5.75 Å². The molecule has 0 bridgehead atoms. The first-order chi connectivity index (χ1) is 46.8. The van der Waals surface area contributed by atoms with E-state index in [0.717, 1.165) is 56.2 Å². The third-order valence-electron chi connectivity index (χ3n) is 14.8. The molecular weight excluding hydrogens is 1350 g/mol. The van der Waals surface area contributed by atoms with Crippen LogP contribution in [0.15, 0.2) is 171 Å². The number of rotatable bonds is 12. The zero-order valence-electron chi connectivity index (χ0n) is 61.9. The number of nitrogens with zero attached hydrogens (tertiary/aromatic N) is 6. The Labute approximate surface area is 613 Å². The summed E-state index contributed by atoms with van der Waals surface area (Å²) in [6.07, 6.45) is 7.43. The lowest BCUT2D eigenvalue weighted by Gasteiger charge is -2.13. The molecular formula is C80H105Cl4F4N9O3. The standard InChI is InChI=1S/C11H15NO.C10H13NO.C10H14O.C9H10ClF.C9H10F3N.C8H11ClN2.2C8H10ClN.C7H12N2/c1-8(2)9-6-4-5-7-10(9)11(13)12-3;1-7(2)8-4-3-5-9(6-8)10(11)12;1-8(2)9-4-6-10(11-3)7-5-9;1-6(2)8-5-7(10)3-4-9(8)11;1-6(2)7-4-3-5-13-8(7)9(10,11)12;1-5(2)6-3-4-11-8(10)7(6)9;1-6(2)7-3-4-10-5-8(7)9;1-6(2)7-4-3-5-10-8(7)9;1-6(2)7-8-4-5-9(7)3/h4-8H,1-3H3,(H,12,13);3-7H,1-2H3,(H2,11,12);4-8H,1-3H3;3-6H,1-2H3;3-6H,1-2H3;3-5H,1-2H3,(H2,10,11);2*3-6H,1-2H3;4-6H,1-3H3. The third-order valence-corrected chi connectivity index (χ3v) is 16.0. The molecule has 0 aliphatic carbocycles. The number of carbonyl (C=O) groups is 2. The Kier molecular flexibility index (Phi) is 41.9. The molecule has 5 aromatic heterocycles. The molecule has 544 valence electrons. The zero-order chi connectivity index (χ0) is 76.1. The molecule has 12 nitrogen and oxygen atoms in total. The number of carbonyl (C=O) groups excluding carboxylic acids is 2. The van der Waals surface area contributed by atoms with E-state index in [4.69, 9.17) is 62.6 Å². The number of amides is 2. The van der Waals surface area contributed by atoms with Crippen molar-refractivity contribution < 1.29 is 31.9 Å². The Hall–Kier alpha value is -7.89. The number of halogens is 8. The molecule has 0 atom stereocenters.